The minimum atomic E-state index is -1.15. The van der Waals surface area contributed by atoms with E-state index >= 15 is 0 Å². The van der Waals surface area contributed by atoms with E-state index < -0.39 is 41.0 Å². The van der Waals surface area contributed by atoms with Crippen molar-refractivity contribution in [3.63, 3.8) is 0 Å². The number of ether oxygens (including phenoxy) is 1. The standard InChI is InChI=1S/C25H34ClN3O5/c1-6-13(2)17(12-30)29-20(22(32)28-16-9-7-15(26)8-10-16)25-11-14(3)24(4,34-25)18(21(31)27-5)19(25)23(29)33/h7-10,13-14,17-20,30H,6,11-12H2,1-5H3,(H,27,31)(H,28,32)/t13-,14?,17-,18+,19-,20?,24-,25?/m0/s1. The van der Waals surface area contributed by atoms with Crippen molar-refractivity contribution in [2.45, 2.75) is 63.8 Å². The quantitative estimate of drug-likeness (QED) is 0.543. The molecule has 1 aromatic carbocycles. The van der Waals surface area contributed by atoms with Crippen LogP contribution in [0, 0.1) is 23.7 Å². The number of nitrogens with zero attached hydrogens (tertiary/aromatic N) is 1. The van der Waals surface area contributed by atoms with Gasteiger partial charge < -0.3 is 25.4 Å². The van der Waals surface area contributed by atoms with Gasteiger partial charge in [-0.3, -0.25) is 14.4 Å². The van der Waals surface area contributed by atoms with Crippen LogP contribution in [0.5, 0.6) is 0 Å². The summed E-state index contributed by atoms with van der Waals surface area (Å²) >= 11 is 5.99. The SMILES string of the molecule is CC[C@H](C)[C@H](CO)N1C(=O)[C@@H]2[C@H](C(=O)NC)[C@@]3(C)OC2(CC3C)C1C(=O)Nc1ccc(Cl)cc1. The minimum Gasteiger partial charge on any atom is -0.394 e. The summed E-state index contributed by atoms with van der Waals surface area (Å²) in [5.41, 5.74) is -1.48. The van der Waals surface area contributed by atoms with Gasteiger partial charge in [0.1, 0.15) is 11.6 Å². The third kappa shape index (κ3) is 3.45. The van der Waals surface area contributed by atoms with Gasteiger partial charge in [0.15, 0.2) is 0 Å². The third-order valence-corrected chi connectivity index (χ3v) is 8.74. The lowest BCUT2D eigenvalue weighted by Crippen LogP contribution is -2.57. The van der Waals surface area contributed by atoms with E-state index in [0.717, 1.165) is 0 Å². The molecule has 4 rings (SSSR count). The molecule has 0 aromatic heterocycles. The van der Waals surface area contributed by atoms with Gasteiger partial charge in [-0.2, -0.15) is 0 Å². The zero-order valence-corrected chi connectivity index (χ0v) is 21.1. The zero-order chi connectivity index (χ0) is 25.0. The molecule has 0 saturated carbocycles. The number of rotatable bonds is 7. The molecule has 3 saturated heterocycles. The Balaban J connectivity index is 1.82. The lowest BCUT2D eigenvalue weighted by atomic mass is 9.62. The highest BCUT2D eigenvalue weighted by molar-refractivity contribution is 6.30. The number of likely N-dealkylation sites (tertiary alicyclic amines) is 1. The highest BCUT2D eigenvalue weighted by atomic mass is 35.5. The lowest BCUT2D eigenvalue weighted by Gasteiger charge is -2.39. The van der Waals surface area contributed by atoms with Gasteiger partial charge in [-0.15, -0.1) is 0 Å². The Kier molecular flexibility index (Phi) is 6.46. The van der Waals surface area contributed by atoms with Crippen molar-refractivity contribution in [1.82, 2.24) is 10.2 Å². The third-order valence-electron chi connectivity index (χ3n) is 8.49. The second-order valence-electron chi connectivity index (χ2n) is 10.2. The molecule has 0 radical (unpaired) electrons. The van der Waals surface area contributed by atoms with Crippen molar-refractivity contribution in [2.24, 2.45) is 23.7 Å². The van der Waals surface area contributed by atoms with Gasteiger partial charge in [-0.25, -0.2) is 0 Å². The number of fused-ring (bicyclic) bond motifs is 1. The van der Waals surface area contributed by atoms with Crippen LogP contribution >= 0.6 is 11.6 Å². The average molecular weight is 492 g/mol. The summed E-state index contributed by atoms with van der Waals surface area (Å²) in [6.45, 7) is 7.52. The molecule has 3 fully saturated rings. The summed E-state index contributed by atoms with van der Waals surface area (Å²) in [5.74, 6) is -2.58. The van der Waals surface area contributed by atoms with E-state index in [1.165, 1.54) is 4.90 Å². The Morgan fingerprint density at radius 1 is 1.29 bits per heavy atom. The molecule has 34 heavy (non-hydrogen) atoms. The molecule has 3 aliphatic rings. The maximum Gasteiger partial charge on any atom is 0.250 e. The van der Waals surface area contributed by atoms with Gasteiger partial charge in [0.2, 0.25) is 17.7 Å². The molecule has 3 unspecified atom stereocenters. The number of hydrogen-bond donors (Lipinski definition) is 3. The van der Waals surface area contributed by atoms with Gasteiger partial charge in [-0.05, 0) is 49.4 Å². The second-order valence-corrected chi connectivity index (χ2v) is 10.6. The first-order chi connectivity index (χ1) is 16.0. The summed E-state index contributed by atoms with van der Waals surface area (Å²) < 4.78 is 6.63. The Morgan fingerprint density at radius 2 is 1.94 bits per heavy atom. The molecule has 3 amide bonds. The van der Waals surface area contributed by atoms with E-state index in [2.05, 4.69) is 10.6 Å². The number of hydrogen-bond acceptors (Lipinski definition) is 5. The van der Waals surface area contributed by atoms with Crippen LogP contribution in [0.1, 0.15) is 40.5 Å². The summed E-state index contributed by atoms with van der Waals surface area (Å²) in [6, 6.07) is 5.18. The van der Waals surface area contributed by atoms with Crippen molar-refractivity contribution >= 4 is 35.0 Å². The van der Waals surface area contributed by atoms with Crippen molar-refractivity contribution in [1.29, 1.82) is 0 Å². The topological polar surface area (TPSA) is 108 Å². The van der Waals surface area contributed by atoms with Crippen LogP contribution in [0.4, 0.5) is 5.69 Å². The van der Waals surface area contributed by atoms with Gasteiger partial charge in [0.25, 0.3) is 0 Å². The fraction of sp³-hybridized carbons (Fsp3) is 0.640. The number of amides is 3. The van der Waals surface area contributed by atoms with E-state index in [1.54, 1.807) is 31.3 Å². The highest BCUT2D eigenvalue weighted by Crippen LogP contribution is 2.65. The van der Waals surface area contributed by atoms with Gasteiger partial charge in [0.05, 0.1) is 30.1 Å². The van der Waals surface area contributed by atoms with Crippen LogP contribution in [0.3, 0.4) is 0 Å². The molecule has 0 aliphatic carbocycles. The first-order valence-corrected chi connectivity index (χ1v) is 12.3. The van der Waals surface area contributed by atoms with Crippen LogP contribution in [-0.2, 0) is 19.1 Å². The monoisotopic (exact) mass is 491 g/mol. The van der Waals surface area contributed by atoms with Crippen LogP contribution in [0.15, 0.2) is 24.3 Å². The number of anilines is 1. The maximum absolute atomic E-state index is 14.0. The van der Waals surface area contributed by atoms with E-state index in [-0.39, 0.29) is 30.3 Å². The highest BCUT2D eigenvalue weighted by Gasteiger charge is 2.80. The van der Waals surface area contributed by atoms with Crippen LogP contribution < -0.4 is 10.6 Å². The summed E-state index contributed by atoms with van der Waals surface area (Å²) in [7, 11) is 1.55. The van der Waals surface area contributed by atoms with Gasteiger partial charge in [0, 0.05) is 17.8 Å². The van der Waals surface area contributed by atoms with Crippen molar-refractivity contribution in [2.75, 3.05) is 19.0 Å². The smallest absolute Gasteiger partial charge is 0.250 e. The van der Waals surface area contributed by atoms with Crippen molar-refractivity contribution in [3.05, 3.63) is 29.3 Å². The molecule has 3 N–H and O–H groups in total. The zero-order valence-electron chi connectivity index (χ0n) is 20.3. The van der Waals surface area contributed by atoms with E-state index in [4.69, 9.17) is 16.3 Å². The number of benzene rings is 1. The van der Waals surface area contributed by atoms with Gasteiger partial charge in [-0.1, -0.05) is 38.8 Å². The Bertz CT molecular complexity index is 987. The van der Waals surface area contributed by atoms with Crippen LogP contribution in [0.2, 0.25) is 5.02 Å². The number of carbonyl (C=O) groups is 3. The second kappa shape index (κ2) is 8.81. The largest absolute Gasteiger partial charge is 0.394 e. The molecule has 1 aromatic rings. The molecule has 8 atom stereocenters. The van der Waals surface area contributed by atoms with Crippen molar-refractivity contribution < 1.29 is 24.2 Å². The molecule has 1 spiro atoms. The Hall–Kier alpha value is -2.16. The Labute approximate surface area is 205 Å². The molecular weight excluding hydrogens is 458 g/mol. The molecule has 2 bridgehead atoms. The van der Waals surface area contributed by atoms with E-state index in [0.29, 0.717) is 23.6 Å². The van der Waals surface area contributed by atoms with Crippen molar-refractivity contribution in [3.8, 4) is 0 Å². The fourth-order valence-corrected chi connectivity index (χ4v) is 6.57. The lowest BCUT2D eigenvalue weighted by molar-refractivity contribution is -0.150. The minimum absolute atomic E-state index is 0.0409. The van der Waals surface area contributed by atoms with E-state index in [9.17, 15) is 19.5 Å². The predicted molar refractivity (Wildman–Crippen MR) is 128 cm³/mol. The number of aliphatic hydroxyl groups excluding tert-OH is 1. The molecule has 3 aliphatic heterocycles. The van der Waals surface area contributed by atoms with E-state index in [1.807, 2.05) is 27.7 Å². The maximum atomic E-state index is 14.0. The van der Waals surface area contributed by atoms with Gasteiger partial charge >= 0.3 is 0 Å². The number of nitrogens with one attached hydrogen (secondary N) is 2. The molecule has 9 heteroatoms. The summed E-state index contributed by atoms with van der Waals surface area (Å²) in [4.78, 5) is 42.5. The normalized spacial score (nSPS) is 35.7. The number of aliphatic hydroxyl groups is 1. The fourth-order valence-electron chi connectivity index (χ4n) is 6.45. The Morgan fingerprint density at radius 3 is 2.50 bits per heavy atom. The molecular formula is C25H34ClN3O5. The summed E-state index contributed by atoms with van der Waals surface area (Å²) in [5, 5.41) is 16.5. The first kappa shape index (κ1) is 24.9. The number of carbonyl (C=O) groups excluding carboxylic acids is 3. The molecule has 8 nitrogen and oxygen atoms in total. The number of halogens is 1. The van der Waals surface area contributed by atoms with Crippen LogP contribution in [0.25, 0.3) is 0 Å². The van der Waals surface area contributed by atoms with Crippen LogP contribution in [-0.4, -0.2) is 64.7 Å². The molecule has 186 valence electrons. The first-order valence-electron chi connectivity index (χ1n) is 12.0. The average Bonchev–Trinajstić information content (AvgIpc) is 3.32. The summed E-state index contributed by atoms with van der Waals surface area (Å²) in [6.07, 6.45) is 1.19. The molecule has 3 heterocycles. The predicted octanol–water partition coefficient (Wildman–Crippen LogP) is 2.44.